The predicted octanol–water partition coefficient (Wildman–Crippen LogP) is 4.15. The quantitative estimate of drug-likeness (QED) is 0.839. The van der Waals surface area contributed by atoms with E-state index in [0.29, 0.717) is 22.4 Å². The molecule has 0 unspecified atom stereocenters. The minimum Gasteiger partial charge on any atom is -0.356 e. The molecule has 5 heteroatoms. The molecule has 96 valence electrons. The van der Waals surface area contributed by atoms with Crippen LogP contribution in [-0.2, 0) is 6.54 Å². The van der Waals surface area contributed by atoms with E-state index in [1.807, 2.05) is 18.2 Å². The number of hydrogen-bond acceptors (Lipinski definition) is 3. The van der Waals surface area contributed by atoms with E-state index in [9.17, 15) is 0 Å². The van der Waals surface area contributed by atoms with Gasteiger partial charge in [0.15, 0.2) is 5.76 Å². The van der Waals surface area contributed by atoms with E-state index in [1.165, 1.54) is 0 Å². The van der Waals surface area contributed by atoms with Crippen molar-refractivity contribution < 1.29 is 4.52 Å². The lowest BCUT2D eigenvalue weighted by molar-refractivity contribution is 0.420. The van der Waals surface area contributed by atoms with Crippen molar-refractivity contribution in [1.29, 1.82) is 0 Å². The number of hydrogen-bond donors (Lipinski definition) is 1. The van der Waals surface area contributed by atoms with Gasteiger partial charge in [0.25, 0.3) is 0 Å². The van der Waals surface area contributed by atoms with Gasteiger partial charge in [0, 0.05) is 18.2 Å². The molecule has 0 aliphatic rings. The Kier molecular flexibility index (Phi) is 4.64. The first-order valence-electron chi connectivity index (χ1n) is 5.83. The maximum Gasteiger partial charge on any atom is 0.168 e. The molecule has 1 heterocycles. The van der Waals surface area contributed by atoms with Crippen molar-refractivity contribution in [3.63, 3.8) is 0 Å². The zero-order chi connectivity index (χ0) is 13.0. The maximum atomic E-state index is 6.13. The highest BCUT2D eigenvalue weighted by Gasteiger charge is 2.11. The molecule has 2 rings (SSSR count). The summed E-state index contributed by atoms with van der Waals surface area (Å²) in [6.45, 7) is 3.77. The Bertz CT molecular complexity index is 525. The molecule has 1 aromatic carbocycles. The molecule has 0 fully saturated rings. The van der Waals surface area contributed by atoms with Gasteiger partial charge in [0.05, 0.1) is 15.7 Å². The zero-order valence-electron chi connectivity index (χ0n) is 10.0. The standard InChI is InChI=1S/C13H14Cl2N2O/c1-2-6-16-8-9-7-12(18-17-9)10-4-3-5-11(14)13(10)15/h3-5,7,16H,2,6,8H2,1H3. The van der Waals surface area contributed by atoms with Gasteiger partial charge in [-0.15, -0.1) is 0 Å². The molecule has 0 spiro atoms. The fourth-order valence-corrected chi connectivity index (χ4v) is 2.00. The number of benzene rings is 1. The second-order valence-electron chi connectivity index (χ2n) is 3.96. The Balaban J connectivity index is 2.16. The van der Waals surface area contributed by atoms with Crippen molar-refractivity contribution in [3.05, 3.63) is 40.0 Å². The van der Waals surface area contributed by atoms with Crippen molar-refractivity contribution in [1.82, 2.24) is 10.5 Å². The van der Waals surface area contributed by atoms with Crippen molar-refractivity contribution in [2.75, 3.05) is 6.54 Å². The SMILES string of the molecule is CCCNCc1cc(-c2cccc(Cl)c2Cl)on1. The lowest BCUT2D eigenvalue weighted by Crippen LogP contribution is -2.13. The number of aromatic nitrogens is 1. The monoisotopic (exact) mass is 284 g/mol. The molecule has 0 aliphatic carbocycles. The smallest absolute Gasteiger partial charge is 0.168 e. The summed E-state index contributed by atoms with van der Waals surface area (Å²) < 4.78 is 5.28. The molecule has 0 radical (unpaired) electrons. The molecule has 0 saturated carbocycles. The lowest BCUT2D eigenvalue weighted by Gasteiger charge is -2.00. The molecule has 2 aromatic rings. The van der Waals surface area contributed by atoms with E-state index in [-0.39, 0.29) is 0 Å². The molecular weight excluding hydrogens is 271 g/mol. The second kappa shape index (κ2) is 6.23. The van der Waals surface area contributed by atoms with Gasteiger partial charge in [-0.3, -0.25) is 0 Å². The topological polar surface area (TPSA) is 38.1 Å². The Morgan fingerprint density at radius 1 is 1.33 bits per heavy atom. The third-order valence-corrected chi connectivity index (χ3v) is 3.33. The van der Waals surface area contributed by atoms with Crippen LogP contribution in [0.3, 0.4) is 0 Å². The summed E-state index contributed by atoms with van der Waals surface area (Å²) in [6, 6.07) is 7.31. The zero-order valence-corrected chi connectivity index (χ0v) is 11.6. The normalized spacial score (nSPS) is 10.8. The van der Waals surface area contributed by atoms with Crippen molar-refractivity contribution in [3.8, 4) is 11.3 Å². The molecular formula is C13H14Cl2N2O. The molecule has 1 aromatic heterocycles. The van der Waals surface area contributed by atoms with E-state index < -0.39 is 0 Å². The summed E-state index contributed by atoms with van der Waals surface area (Å²) >= 11 is 12.1. The highest BCUT2D eigenvalue weighted by molar-refractivity contribution is 6.43. The minimum absolute atomic E-state index is 0.489. The van der Waals surface area contributed by atoms with Gasteiger partial charge < -0.3 is 9.84 Å². The Morgan fingerprint density at radius 2 is 2.17 bits per heavy atom. The summed E-state index contributed by atoms with van der Waals surface area (Å²) in [5.74, 6) is 0.635. The van der Waals surface area contributed by atoms with Gasteiger partial charge in [-0.05, 0) is 25.1 Å². The molecule has 18 heavy (non-hydrogen) atoms. The Labute approximate surface area is 116 Å². The molecule has 3 nitrogen and oxygen atoms in total. The van der Waals surface area contributed by atoms with Crippen LogP contribution >= 0.6 is 23.2 Å². The van der Waals surface area contributed by atoms with Crippen molar-refractivity contribution in [2.45, 2.75) is 19.9 Å². The fraction of sp³-hybridized carbons (Fsp3) is 0.308. The van der Waals surface area contributed by atoms with E-state index >= 15 is 0 Å². The van der Waals surface area contributed by atoms with Crippen LogP contribution in [0.4, 0.5) is 0 Å². The van der Waals surface area contributed by atoms with Gasteiger partial charge in [-0.1, -0.05) is 41.3 Å². The van der Waals surface area contributed by atoms with Crippen LogP contribution in [0.15, 0.2) is 28.8 Å². The minimum atomic E-state index is 0.489. The molecule has 0 aliphatic heterocycles. The van der Waals surface area contributed by atoms with Crippen LogP contribution in [0.2, 0.25) is 10.0 Å². The van der Waals surface area contributed by atoms with Crippen LogP contribution in [0.5, 0.6) is 0 Å². The van der Waals surface area contributed by atoms with E-state index in [1.54, 1.807) is 6.07 Å². The highest BCUT2D eigenvalue weighted by Crippen LogP contribution is 2.33. The molecule has 0 amide bonds. The average molecular weight is 285 g/mol. The number of rotatable bonds is 5. The molecule has 0 bridgehead atoms. The summed E-state index contributed by atoms with van der Waals surface area (Å²) in [5.41, 5.74) is 1.62. The van der Waals surface area contributed by atoms with Crippen LogP contribution in [0, 0.1) is 0 Å². The Morgan fingerprint density at radius 3 is 2.94 bits per heavy atom. The van der Waals surface area contributed by atoms with Gasteiger partial charge in [0.2, 0.25) is 0 Å². The summed E-state index contributed by atoms with van der Waals surface area (Å²) in [4.78, 5) is 0. The third-order valence-electron chi connectivity index (χ3n) is 2.51. The van der Waals surface area contributed by atoms with Crippen LogP contribution in [-0.4, -0.2) is 11.7 Å². The molecule has 0 atom stereocenters. The first-order valence-corrected chi connectivity index (χ1v) is 6.58. The van der Waals surface area contributed by atoms with Crippen molar-refractivity contribution in [2.24, 2.45) is 0 Å². The van der Waals surface area contributed by atoms with E-state index in [4.69, 9.17) is 27.7 Å². The fourth-order valence-electron chi connectivity index (χ4n) is 1.61. The van der Waals surface area contributed by atoms with Gasteiger partial charge in [-0.25, -0.2) is 0 Å². The number of halogens is 2. The van der Waals surface area contributed by atoms with Crippen LogP contribution in [0.1, 0.15) is 19.0 Å². The maximum absolute atomic E-state index is 6.13. The highest BCUT2D eigenvalue weighted by atomic mass is 35.5. The van der Waals surface area contributed by atoms with E-state index in [0.717, 1.165) is 24.2 Å². The average Bonchev–Trinajstić information content (AvgIpc) is 2.82. The van der Waals surface area contributed by atoms with Crippen LogP contribution in [0.25, 0.3) is 11.3 Å². The number of nitrogens with zero attached hydrogens (tertiary/aromatic N) is 1. The largest absolute Gasteiger partial charge is 0.356 e. The molecule has 0 saturated heterocycles. The van der Waals surface area contributed by atoms with Gasteiger partial charge >= 0.3 is 0 Å². The summed E-state index contributed by atoms with van der Waals surface area (Å²) in [7, 11) is 0. The first kappa shape index (κ1) is 13.4. The number of nitrogens with one attached hydrogen (secondary N) is 1. The van der Waals surface area contributed by atoms with Gasteiger partial charge in [0.1, 0.15) is 0 Å². The second-order valence-corrected chi connectivity index (χ2v) is 4.75. The summed E-state index contributed by atoms with van der Waals surface area (Å²) in [6.07, 6.45) is 1.09. The van der Waals surface area contributed by atoms with Crippen molar-refractivity contribution >= 4 is 23.2 Å². The molecule has 1 N–H and O–H groups in total. The van der Waals surface area contributed by atoms with Gasteiger partial charge in [-0.2, -0.15) is 0 Å². The first-order chi connectivity index (χ1) is 8.72. The summed E-state index contributed by atoms with van der Waals surface area (Å²) in [5, 5.41) is 8.26. The lowest BCUT2D eigenvalue weighted by atomic mass is 10.1. The van der Waals surface area contributed by atoms with E-state index in [2.05, 4.69) is 17.4 Å². The Hall–Kier alpha value is -1.03. The van der Waals surface area contributed by atoms with Crippen LogP contribution < -0.4 is 5.32 Å². The third kappa shape index (κ3) is 3.05. The predicted molar refractivity (Wildman–Crippen MR) is 74.0 cm³/mol.